The van der Waals surface area contributed by atoms with E-state index in [1.807, 2.05) is 31.2 Å². The van der Waals surface area contributed by atoms with Gasteiger partial charge in [-0.2, -0.15) is 5.26 Å². The van der Waals surface area contributed by atoms with Gasteiger partial charge in [-0.05, 0) is 30.7 Å². The summed E-state index contributed by atoms with van der Waals surface area (Å²) in [5, 5.41) is 18.1. The van der Waals surface area contributed by atoms with Crippen molar-refractivity contribution in [2.24, 2.45) is 5.73 Å². The lowest BCUT2D eigenvalue weighted by Gasteiger charge is -2.25. The molecule has 3 N–H and O–H groups in total. The number of benzene rings is 2. The van der Waals surface area contributed by atoms with Gasteiger partial charge in [-0.1, -0.05) is 48.3 Å². The van der Waals surface area contributed by atoms with Gasteiger partial charge in [0.25, 0.3) is 0 Å². The largest absolute Gasteiger partial charge is 0.493 e. The van der Waals surface area contributed by atoms with Crippen LogP contribution in [0.2, 0.25) is 10.0 Å². The maximum absolute atomic E-state index is 9.89. The topological polar surface area (TPSA) is 96.9 Å². The molecule has 0 aliphatic carbocycles. The van der Waals surface area contributed by atoms with E-state index in [9.17, 15) is 5.26 Å². The van der Waals surface area contributed by atoms with Crippen molar-refractivity contribution in [3.8, 4) is 29.0 Å². The normalized spacial score (nSPS) is 15.3. The van der Waals surface area contributed by atoms with Crippen molar-refractivity contribution >= 4 is 23.2 Å². The Morgan fingerprint density at radius 2 is 2.07 bits per heavy atom. The lowest BCUT2D eigenvalue weighted by Crippen LogP contribution is -2.21. The Morgan fingerprint density at radius 3 is 2.80 bits per heavy atom. The van der Waals surface area contributed by atoms with E-state index in [2.05, 4.69) is 16.3 Å². The van der Waals surface area contributed by atoms with Crippen molar-refractivity contribution in [1.29, 1.82) is 5.26 Å². The minimum absolute atomic E-state index is 0.0144. The molecule has 0 amide bonds. The first-order chi connectivity index (χ1) is 14.5. The second kappa shape index (κ2) is 8.31. The summed E-state index contributed by atoms with van der Waals surface area (Å²) in [5.41, 5.74) is 9.13. The van der Waals surface area contributed by atoms with Crippen LogP contribution in [0.4, 0.5) is 0 Å². The van der Waals surface area contributed by atoms with Gasteiger partial charge in [-0.25, -0.2) is 0 Å². The molecule has 2 aromatic carbocycles. The molecule has 6 nitrogen and oxygen atoms in total. The Kier molecular flexibility index (Phi) is 5.58. The fraction of sp³-hybridized carbons (Fsp3) is 0.182. The molecule has 0 saturated heterocycles. The highest BCUT2D eigenvalue weighted by Crippen LogP contribution is 2.48. The van der Waals surface area contributed by atoms with Crippen LogP contribution in [-0.2, 0) is 0 Å². The summed E-state index contributed by atoms with van der Waals surface area (Å²) in [6.45, 7) is 2.58. The summed E-state index contributed by atoms with van der Waals surface area (Å²) < 4.78 is 11.6. The van der Waals surface area contributed by atoms with Gasteiger partial charge in [0.15, 0.2) is 0 Å². The third-order valence-corrected chi connectivity index (χ3v) is 5.38. The summed E-state index contributed by atoms with van der Waals surface area (Å²) in [6, 6.07) is 14.9. The standard InChI is InChI=1S/C22H18Cl2N4O2/c1-2-9-29-17-6-4-3-5-14(17)18-15(11-25)21(26)30-22-19(18)20(27-28-22)13-8-7-12(23)10-16(13)24/h3-8,10,18H,2,9,26H2,1H3,(H,27,28). The lowest BCUT2D eigenvalue weighted by molar-refractivity contribution is 0.312. The first-order valence-electron chi connectivity index (χ1n) is 9.38. The van der Waals surface area contributed by atoms with E-state index in [4.69, 9.17) is 38.4 Å². The van der Waals surface area contributed by atoms with Crippen LogP contribution in [0.5, 0.6) is 11.6 Å². The van der Waals surface area contributed by atoms with Gasteiger partial charge >= 0.3 is 0 Å². The second-order valence-electron chi connectivity index (χ2n) is 6.75. The molecule has 30 heavy (non-hydrogen) atoms. The molecule has 0 fully saturated rings. The first kappa shape index (κ1) is 20.1. The van der Waals surface area contributed by atoms with E-state index < -0.39 is 5.92 Å². The van der Waals surface area contributed by atoms with Crippen LogP contribution < -0.4 is 15.2 Å². The van der Waals surface area contributed by atoms with Crippen molar-refractivity contribution in [3.05, 3.63) is 75.1 Å². The van der Waals surface area contributed by atoms with Crippen molar-refractivity contribution in [1.82, 2.24) is 10.2 Å². The number of H-pyrrole nitrogens is 1. The number of halogens is 2. The molecular formula is C22H18Cl2N4O2. The smallest absolute Gasteiger partial charge is 0.244 e. The highest BCUT2D eigenvalue weighted by molar-refractivity contribution is 6.36. The number of nitrogens with zero attached hydrogens (tertiary/aromatic N) is 2. The predicted molar refractivity (Wildman–Crippen MR) is 116 cm³/mol. The third kappa shape index (κ3) is 3.47. The van der Waals surface area contributed by atoms with Gasteiger partial charge in [0.2, 0.25) is 11.8 Å². The number of hydrogen-bond acceptors (Lipinski definition) is 5. The molecule has 0 saturated carbocycles. The van der Waals surface area contributed by atoms with E-state index >= 15 is 0 Å². The number of fused-ring (bicyclic) bond motifs is 1. The zero-order valence-electron chi connectivity index (χ0n) is 16.1. The van der Waals surface area contributed by atoms with Crippen LogP contribution in [-0.4, -0.2) is 16.8 Å². The van der Waals surface area contributed by atoms with Crippen molar-refractivity contribution < 1.29 is 9.47 Å². The van der Waals surface area contributed by atoms with Crippen molar-refractivity contribution in [2.75, 3.05) is 6.61 Å². The summed E-state index contributed by atoms with van der Waals surface area (Å²) in [5.74, 6) is 0.447. The minimum Gasteiger partial charge on any atom is -0.493 e. The molecule has 1 atom stereocenters. The molecule has 2 heterocycles. The Hall–Kier alpha value is -3.14. The number of ether oxygens (including phenoxy) is 2. The number of nitriles is 1. The summed E-state index contributed by atoms with van der Waals surface area (Å²) in [4.78, 5) is 0. The Bertz CT molecular complexity index is 1180. The van der Waals surface area contributed by atoms with E-state index in [0.717, 1.165) is 12.0 Å². The fourth-order valence-electron chi connectivity index (χ4n) is 3.52. The van der Waals surface area contributed by atoms with Gasteiger partial charge < -0.3 is 15.2 Å². The van der Waals surface area contributed by atoms with Crippen LogP contribution in [0, 0.1) is 11.3 Å². The van der Waals surface area contributed by atoms with Crippen LogP contribution in [0.15, 0.2) is 53.9 Å². The maximum atomic E-state index is 9.89. The van der Waals surface area contributed by atoms with Crippen LogP contribution >= 0.6 is 23.2 Å². The molecular weight excluding hydrogens is 423 g/mol. The molecule has 0 bridgehead atoms. The first-order valence-corrected chi connectivity index (χ1v) is 10.1. The summed E-state index contributed by atoms with van der Waals surface area (Å²) in [6.07, 6.45) is 0.855. The minimum atomic E-state index is -0.535. The molecule has 0 radical (unpaired) electrons. The van der Waals surface area contributed by atoms with E-state index in [1.165, 1.54) is 0 Å². The van der Waals surface area contributed by atoms with E-state index in [1.54, 1.807) is 18.2 Å². The maximum Gasteiger partial charge on any atom is 0.244 e. The monoisotopic (exact) mass is 440 g/mol. The van der Waals surface area contributed by atoms with Crippen LogP contribution in [0.3, 0.4) is 0 Å². The quantitative estimate of drug-likeness (QED) is 0.553. The van der Waals surface area contributed by atoms with Gasteiger partial charge in [0.1, 0.15) is 17.4 Å². The van der Waals surface area contributed by atoms with E-state index in [-0.39, 0.29) is 11.5 Å². The average Bonchev–Trinajstić information content (AvgIpc) is 3.14. The number of nitrogens with two attached hydrogens (primary N) is 1. The Labute approximate surface area is 183 Å². The molecule has 4 rings (SSSR count). The molecule has 0 spiro atoms. The number of aromatic nitrogens is 2. The number of allylic oxidation sites excluding steroid dienone is 1. The van der Waals surface area contributed by atoms with Gasteiger partial charge in [0, 0.05) is 16.1 Å². The molecule has 3 aromatic rings. The zero-order valence-corrected chi connectivity index (χ0v) is 17.6. The zero-order chi connectivity index (χ0) is 21.3. The van der Waals surface area contributed by atoms with Crippen LogP contribution in [0.1, 0.15) is 30.4 Å². The van der Waals surface area contributed by atoms with Gasteiger partial charge in [-0.15, -0.1) is 5.10 Å². The van der Waals surface area contributed by atoms with E-state index in [0.29, 0.717) is 45.1 Å². The predicted octanol–water partition coefficient (Wildman–Crippen LogP) is 5.39. The highest BCUT2D eigenvalue weighted by atomic mass is 35.5. The van der Waals surface area contributed by atoms with Crippen molar-refractivity contribution in [2.45, 2.75) is 19.3 Å². The number of aromatic amines is 1. The number of rotatable bonds is 5. The molecule has 1 aliphatic rings. The lowest BCUT2D eigenvalue weighted by atomic mass is 9.82. The molecule has 8 heteroatoms. The van der Waals surface area contributed by atoms with Gasteiger partial charge in [-0.3, -0.25) is 5.10 Å². The number of hydrogen-bond donors (Lipinski definition) is 2. The average molecular weight is 441 g/mol. The molecule has 1 aromatic heterocycles. The van der Waals surface area contributed by atoms with Crippen LogP contribution in [0.25, 0.3) is 11.3 Å². The molecule has 1 unspecified atom stereocenters. The third-order valence-electron chi connectivity index (χ3n) is 4.83. The molecule has 1 aliphatic heterocycles. The van der Waals surface area contributed by atoms with Gasteiger partial charge in [0.05, 0.1) is 28.8 Å². The Morgan fingerprint density at radius 1 is 1.27 bits per heavy atom. The molecule has 152 valence electrons. The fourth-order valence-corrected chi connectivity index (χ4v) is 4.02. The SMILES string of the molecule is CCCOc1ccccc1C1C(C#N)=C(N)Oc2n[nH]c(-c3ccc(Cl)cc3Cl)c21. The second-order valence-corrected chi connectivity index (χ2v) is 7.60. The Balaban J connectivity index is 1.95. The van der Waals surface area contributed by atoms with Crippen molar-refractivity contribution in [3.63, 3.8) is 0 Å². The number of para-hydroxylation sites is 1. The number of nitrogens with one attached hydrogen (secondary N) is 1. The highest BCUT2D eigenvalue weighted by Gasteiger charge is 2.37. The summed E-state index contributed by atoms with van der Waals surface area (Å²) in [7, 11) is 0. The summed E-state index contributed by atoms with van der Waals surface area (Å²) >= 11 is 12.5.